The van der Waals surface area contributed by atoms with E-state index in [4.69, 9.17) is 52.1 Å². The Balaban J connectivity index is 1.19. The fraction of sp³-hybridized carbons (Fsp3) is 1.00. The van der Waals surface area contributed by atoms with Crippen LogP contribution in [0.15, 0.2) is 0 Å². The highest BCUT2D eigenvalue weighted by Crippen LogP contribution is 2.35. The summed E-state index contributed by atoms with van der Waals surface area (Å²) in [5.74, 6) is 0. The van der Waals surface area contributed by atoms with Gasteiger partial charge in [0, 0.05) is 0 Å². The Labute approximate surface area is 378 Å². The summed E-state index contributed by atoms with van der Waals surface area (Å²) in [6.45, 7) is -5.36. The molecule has 20 N–H and O–H groups in total. The van der Waals surface area contributed by atoms with Crippen LogP contribution in [0.25, 0.3) is 0 Å². The number of rotatable bonds is 16. The van der Waals surface area contributed by atoms with Gasteiger partial charge in [0.25, 0.3) is 0 Å². The molecule has 6 aliphatic heterocycles. The minimum atomic E-state index is -2.24. The summed E-state index contributed by atoms with van der Waals surface area (Å²) in [7, 11) is 0. The van der Waals surface area contributed by atoms with E-state index in [1.54, 1.807) is 0 Å². The third kappa shape index (κ3) is 11.5. The second-order valence-corrected chi connectivity index (χ2v) is 16.8. The Hall–Kier alpha value is -1.24. The van der Waals surface area contributed by atoms with E-state index in [2.05, 4.69) is 0 Å². The maximum absolute atomic E-state index is 11.5. The molecule has 0 aromatic carbocycles. The second-order valence-electron chi connectivity index (χ2n) is 16.8. The molecule has 0 radical (unpaired) electrons. The van der Waals surface area contributed by atoms with Crippen molar-refractivity contribution in [2.45, 2.75) is 184 Å². The molecule has 0 aromatic heterocycles. The largest absolute Gasteiger partial charge is 0.394 e. The van der Waals surface area contributed by atoms with Gasteiger partial charge in [-0.05, 0) is 0 Å². The van der Waals surface area contributed by atoms with Gasteiger partial charge in [0.05, 0.1) is 39.6 Å². The van der Waals surface area contributed by atoms with Crippen LogP contribution in [0.3, 0.4) is 0 Å². The van der Waals surface area contributed by atoms with Crippen molar-refractivity contribution in [2.24, 2.45) is 0 Å². The molecule has 6 heterocycles. The topological polar surface area (TPSA) is 506 Å². The van der Waals surface area contributed by atoms with E-state index in [1.165, 1.54) is 0 Å². The van der Waals surface area contributed by atoms with Crippen molar-refractivity contribution in [1.29, 1.82) is 0 Å². The third-order valence-corrected chi connectivity index (χ3v) is 12.4. The highest BCUT2D eigenvalue weighted by Gasteiger charge is 2.56. The molecule has 0 amide bonds. The highest BCUT2D eigenvalue weighted by atomic mass is 16.8. The molecule has 0 unspecified atom stereocenters. The Kier molecular flexibility index (Phi) is 19.4. The van der Waals surface area contributed by atoms with E-state index >= 15 is 0 Å². The summed E-state index contributed by atoms with van der Waals surface area (Å²) in [4.78, 5) is 0. The molecule has 0 aromatic rings. The number of aliphatic hydroxyl groups is 20. The predicted molar refractivity (Wildman–Crippen MR) is 199 cm³/mol. The lowest BCUT2D eigenvalue weighted by Crippen LogP contribution is -2.67. The summed E-state index contributed by atoms with van der Waals surface area (Å²) in [6, 6.07) is 0. The molecule has 6 aliphatic rings. The number of aliphatic hydroxyl groups excluding tert-OH is 20. The standard InChI is InChI=1S/C36H62O31/c37-1-7-13(41)19(47)23(51)32(60-7)57-6-12-18(46)29(65-34-24(52)20(48)14(42)8(2-38)61-34)27(55)33(64-12)58-5-11-17(45)28(26(54)31(56)59-11)66-36-30(22(50)16(44)10(4-40)63-36)67-35-25(53)21(49)15(43)9(3-39)62-35/h7-56H,1-6H2/t7-,8-,9-,10-,11-,12-,13-,14-,15-,16-,17-,18-,19+,20+,21+,22+,23-,24+,25+,26+,27+,28+,29+,30+,31+,32+,33-,34+,35-,36+/m1/s1. The fourth-order valence-corrected chi connectivity index (χ4v) is 8.27. The van der Waals surface area contributed by atoms with E-state index in [0.29, 0.717) is 0 Å². The van der Waals surface area contributed by atoms with Crippen LogP contribution in [-0.2, 0) is 52.1 Å². The second kappa shape index (κ2) is 23.5. The van der Waals surface area contributed by atoms with E-state index in [1.807, 2.05) is 0 Å². The maximum Gasteiger partial charge on any atom is 0.187 e. The van der Waals surface area contributed by atoms with Gasteiger partial charge in [0.15, 0.2) is 37.7 Å². The lowest BCUT2D eigenvalue weighted by atomic mass is 9.96. The summed E-state index contributed by atoms with van der Waals surface area (Å²) in [5, 5.41) is 210. The van der Waals surface area contributed by atoms with Crippen LogP contribution in [0.4, 0.5) is 0 Å². The molecule has 0 bridgehead atoms. The average Bonchev–Trinajstić information content (AvgIpc) is 3.31. The number of ether oxygens (including phenoxy) is 11. The van der Waals surface area contributed by atoms with Gasteiger partial charge < -0.3 is 154 Å². The first-order valence-corrected chi connectivity index (χ1v) is 21.1. The van der Waals surface area contributed by atoms with Gasteiger partial charge in [-0.1, -0.05) is 0 Å². The zero-order chi connectivity index (χ0) is 49.3. The van der Waals surface area contributed by atoms with Crippen molar-refractivity contribution in [3.05, 3.63) is 0 Å². The molecule has 6 saturated heterocycles. The van der Waals surface area contributed by atoms with E-state index < -0.39 is 224 Å². The third-order valence-electron chi connectivity index (χ3n) is 12.4. The summed E-state index contributed by atoms with van der Waals surface area (Å²) < 4.78 is 60.8. The Morgan fingerprint density at radius 1 is 0.254 bits per heavy atom. The Bertz CT molecular complexity index is 1500. The normalized spacial score (nSPS) is 53.4. The molecule has 30 atom stereocenters. The molecule has 6 rings (SSSR count). The van der Waals surface area contributed by atoms with Crippen LogP contribution in [0.2, 0.25) is 0 Å². The Morgan fingerprint density at radius 3 is 1.01 bits per heavy atom. The van der Waals surface area contributed by atoms with Gasteiger partial charge in [-0.25, -0.2) is 0 Å². The van der Waals surface area contributed by atoms with Crippen molar-refractivity contribution in [3.8, 4) is 0 Å². The summed E-state index contributed by atoms with van der Waals surface area (Å²) in [5.41, 5.74) is 0. The number of hydrogen-bond donors (Lipinski definition) is 20. The van der Waals surface area contributed by atoms with Gasteiger partial charge in [0.2, 0.25) is 0 Å². The molecule has 0 saturated carbocycles. The molecule has 31 nitrogen and oxygen atoms in total. The highest BCUT2D eigenvalue weighted by molar-refractivity contribution is 4.98. The van der Waals surface area contributed by atoms with Crippen LogP contribution >= 0.6 is 0 Å². The monoisotopic (exact) mass is 990 g/mol. The van der Waals surface area contributed by atoms with Crippen LogP contribution in [0.5, 0.6) is 0 Å². The minimum absolute atomic E-state index is 0.836. The van der Waals surface area contributed by atoms with Gasteiger partial charge >= 0.3 is 0 Å². The lowest BCUT2D eigenvalue weighted by Gasteiger charge is -2.48. The first kappa shape index (κ1) is 55.1. The van der Waals surface area contributed by atoms with Crippen molar-refractivity contribution < 1.29 is 154 Å². The molecular formula is C36H62O31. The van der Waals surface area contributed by atoms with Crippen LogP contribution in [0, 0.1) is 0 Å². The number of hydrogen-bond acceptors (Lipinski definition) is 31. The van der Waals surface area contributed by atoms with Crippen LogP contribution in [-0.4, -0.2) is 326 Å². The first-order valence-electron chi connectivity index (χ1n) is 21.1. The predicted octanol–water partition coefficient (Wildman–Crippen LogP) is -14.1. The van der Waals surface area contributed by atoms with E-state index in [0.717, 1.165) is 0 Å². The van der Waals surface area contributed by atoms with Crippen molar-refractivity contribution in [2.75, 3.05) is 39.6 Å². The fourth-order valence-electron chi connectivity index (χ4n) is 8.27. The molecule has 31 heteroatoms. The van der Waals surface area contributed by atoms with Crippen molar-refractivity contribution in [1.82, 2.24) is 0 Å². The smallest absolute Gasteiger partial charge is 0.187 e. The summed E-state index contributed by atoms with van der Waals surface area (Å²) in [6.07, 6.45) is -57.5. The van der Waals surface area contributed by atoms with Crippen LogP contribution in [0.1, 0.15) is 0 Å². The maximum atomic E-state index is 11.5. The molecule has 67 heavy (non-hydrogen) atoms. The zero-order valence-electron chi connectivity index (χ0n) is 35.0. The van der Waals surface area contributed by atoms with Crippen molar-refractivity contribution in [3.63, 3.8) is 0 Å². The van der Waals surface area contributed by atoms with E-state index in [9.17, 15) is 102 Å². The Morgan fingerprint density at radius 2 is 0.567 bits per heavy atom. The van der Waals surface area contributed by atoms with Gasteiger partial charge in [-0.15, -0.1) is 0 Å². The first-order chi connectivity index (χ1) is 31.7. The van der Waals surface area contributed by atoms with Crippen LogP contribution < -0.4 is 0 Å². The molecule has 0 aliphatic carbocycles. The average molecular weight is 991 g/mol. The molecule has 6 fully saturated rings. The quantitative estimate of drug-likeness (QED) is 0.0683. The molecule has 392 valence electrons. The zero-order valence-corrected chi connectivity index (χ0v) is 35.0. The van der Waals surface area contributed by atoms with Gasteiger partial charge in [0.1, 0.15) is 146 Å². The minimum Gasteiger partial charge on any atom is -0.394 e. The SMILES string of the molecule is OC[C@H]1O[C@@H](O[C@@H]2[C@H](O)[C@H](OC[C@H]3O[C@H](O)[C@@H](O)[C@@H](O[C@@H]4O[C@H](CO)[C@@H](O)[C@H](O)[C@@H]4O[C@H]4O[C@H](CO)[C@@H](O)[C@H](O)[C@@H]4O)[C@@H]3O)O[C@H](CO[C@H]3O[C@H](CO)[C@@H](O)[C@H](O)[C@H]3O)[C@H]2O)[C@@H](O)[C@@H](O)[C@@H]1O. The van der Waals surface area contributed by atoms with Crippen molar-refractivity contribution >= 4 is 0 Å². The van der Waals surface area contributed by atoms with E-state index in [-0.39, 0.29) is 0 Å². The molecular weight excluding hydrogens is 928 g/mol. The van der Waals surface area contributed by atoms with Gasteiger partial charge in [-0.3, -0.25) is 0 Å². The summed E-state index contributed by atoms with van der Waals surface area (Å²) >= 11 is 0. The van der Waals surface area contributed by atoms with Gasteiger partial charge in [-0.2, -0.15) is 0 Å². The molecule has 0 spiro atoms. The lowest BCUT2D eigenvalue weighted by molar-refractivity contribution is -0.390.